The molecule has 0 radical (unpaired) electrons. The number of halogens is 3. The fourth-order valence-corrected chi connectivity index (χ4v) is 0.796. The average molecular weight is 220 g/mol. The minimum Gasteiger partial charge on any atom is -0.406 e. The first kappa shape index (κ1) is 13.2. The first-order valence-electron chi connectivity index (χ1n) is 3.71. The molecule has 6 heteroatoms. The molecule has 0 saturated carbocycles. The molecule has 0 fully saturated rings. The molecule has 15 heavy (non-hydrogen) atoms. The van der Waals surface area contributed by atoms with Crippen LogP contribution in [0.25, 0.3) is 0 Å². The lowest BCUT2D eigenvalue weighted by Crippen LogP contribution is -2.17. The Morgan fingerprint density at radius 3 is 2.07 bits per heavy atom. The van der Waals surface area contributed by atoms with Crippen molar-refractivity contribution in [2.75, 3.05) is 0 Å². The Bertz CT molecular complexity index is 341. The Morgan fingerprint density at radius 1 is 1.20 bits per heavy atom. The quantitative estimate of drug-likeness (QED) is 0.729. The lowest BCUT2D eigenvalue weighted by Gasteiger charge is -2.10. The zero-order valence-electron chi connectivity index (χ0n) is 7.67. The average Bonchev–Trinajstić information content (AvgIpc) is 2.08. The minimum atomic E-state index is -4.61. The number of aryl methyl sites for hydroxylation is 1. The maximum Gasteiger partial charge on any atom is 0.573 e. The molecule has 3 nitrogen and oxygen atoms in total. The molecule has 0 unspecified atom stereocenters. The van der Waals surface area contributed by atoms with Gasteiger partial charge in [0.25, 0.3) is 0 Å². The molecule has 0 aliphatic rings. The number of rotatable bonds is 1. The molecule has 0 atom stereocenters. The molecule has 0 aliphatic carbocycles. The van der Waals surface area contributed by atoms with Gasteiger partial charge in [0.1, 0.15) is 5.75 Å². The largest absolute Gasteiger partial charge is 0.573 e. The van der Waals surface area contributed by atoms with Crippen molar-refractivity contribution in [1.82, 2.24) is 0 Å². The molecule has 1 rings (SSSR count). The molecule has 0 spiro atoms. The maximum absolute atomic E-state index is 11.7. The molecule has 0 aromatic heterocycles. The predicted molar refractivity (Wildman–Crippen MR) is 42.9 cm³/mol. The Labute approximate surface area is 83.5 Å². The highest BCUT2D eigenvalue weighted by atomic mass is 19.4. The van der Waals surface area contributed by atoms with Gasteiger partial charge in [0, 0.05) is 0 Å². The molecular weight excluding hydrogens is 213 g/mol. The van der Waals surface area contributed by atoms with E-state index in [0.717, 1.165) is 0 Å². The van der Waals surface area contributed by atoms with Crippen molar-refractivity contribution < 1.29 is 27.5 Å². The van der Waals surface area contributed by atoms with E-state index in [1.165, 1.54) is 12.1 Å². The van der Waals surface area contributed by atoms with Crippen LogP contribution in [0, 0.1) is 6.92 Å². The summed E-state index contributed by atoms with van der Waals surface area (Å²) in [6, 6.07) is 5.98. The number of ether oxygens (including phenoxy) is 1. The number of benzene rings is 1. The van der Waals surface area contributed by atoms with Gasteiger partial charge >= 0.3 is 12.5 Å². The van der Waals surface area contributed by atoms with E-state index in [1.807, 2.05) is 0 Å². The minimum absolute atomic E-state index is 0.148. The van der Waals surface area contributed by atoms with Crippen LogP contribution in [0.15, 0.2) is 24.3 Å². The second-order valence-electron chi connectivity index (χ2n) is 2.40. The first-order chi connectivity index (χ1) is 6.90. The van der Waals surface area contributed by atoms with E-state index < -0.39 is 6.36 Å². The Balaban J connectivity index is 0.000000583. The second kappa shape index (κ2) is 5.82. The molecule has 0 bridgehead atoms. The zero-order chi connectivity index (χ0) is 11.9. The van der Waals surface area contributed by atoms with Crippen LogP contribution in [0.5, 0.6) is 5.75 Å². The smallest absolute Gasteiger partial charge is 0.406 e. The molecule has 1 aromatic carbocycles. The fraction of sp³-hybridized carbons (Fsp3) is 0.222. The van der Waals surface area contributed by atoms with Gasteiger partial charge in [-0.2, -0.15) is 9.59 Å². The second-order valence-corrected chi connectivity index (χ2v) is 2.40. The Morgan fingerprint density at radius 2 is 1.67 bits per heavy atom. The standard InChI is InChI=1S/C8H7F3O.CO2/c1-6-4-2-3-5-7(6)12-8(9,10)11;2-1-3/h2-5H,1H3;. The maximum atomic E-state index is 11.7. The summed E-state index contributed by atoms with van der Waals surface area (Å²) in [4.78, 5) is 16.2. The van der Waals surface area contributed by atoms with Gasteiger partial charge in [0.05, 0.1) is 0 Å². The van der Waals surface area contributed by atoms with Crippen molar-refractivity contribution in [3.8, 4) is 5.75 Å². The van der Waals surface area contributed by atoms with Crippen molar-refractivity contribution in [2.24, 2.45) is 0 Å². The third kappa shape index (κ3) is 6.29. The summed E-state index contributed by atoms with van der Waals surface area (Å²) >= 11 is 0. The van der Waals surface area contributed by atoms with Crippen LogP contribution in [0.3, 0.4) is 0 Å². The molecule has 0 amide bonds. The highest BCUT2D eigenvalue weighted by molar-refractivity contribution is 5.31. The summed E-state index contributed by atoms with van der Waals surface area (Å²) in [5, 5.41) is 0. The predicted octanol–water partition coefficient (Wildman–Crippen LogP) is 2.31. The van der Waals surface area contributed by atoms with Crippen molar-refractivity contribution in [3.05, 3.63) is 29.8 Å². The third-order valence-corrected chi connectivity index (χ3v) is 1.32. The molecule has 0 N–H and O–H groups in total. The topological polar surface area (TPSA) is 43.4 Å². The van der Waals surface area contributed by atoms with E-state index in [1.54, 1.807) is 19.1 Å². The van der Waals surface area contributed by atoms with Gasteiger partial charge in [0.2, 0.25) is 0 Å². The number of alkyl halides is 3. The number of para-hydroxylation sites is 1. The normalized spacial score (nSPS) is 9.60. The molecule has 0 saturated heterocycles. The van der Waals surface area contributed by atoms with Gasteiger partial charge in [-0.25, -0.2) is 0 Å². The van der Waals surface area contributed by atoms with Gasteiger partial charge in [-0.05, 0) is 18.6 Å². The van der Waals surface area contributed by atoms with Crippen LogP contribution < -0.4 is 4.74 Å². The van der Waals surface area contributed by atoms with E-state index in [9.17, 15) is 13.2 Å². The lowest BCUT2D eigenvalue weighted by molar-refractivity contribution is -0.274. The van der Waals surface area contributed by atoms with Gasteiger partial charge in [-0.15, -0.1) is 13.2 Å². The molecule has 0 aliphatic heterocycles. The van der Waals surface area contributed by atoms with E-state index >= 15 is 0 Å². The van der Waals surface area contributed by atoms with Crippen LogP contribution in [0.4, 0.5) is 13.2 Å². The van der Waals surface area contributed by atoms with Crippen LogP contribution in [0.2, 0.25) is 0 Å². The van der Waals surface area contributed by atoms with Crippen LogP contribution in [0.1, 0.15) is 5.56 Å². The van der Waals surface area contributed by atoms with Crippen LogP contribution >= 0.6 is 0 Å². The zero-order valence-corrected chi connectivity index (χ0v) is 7.67. The summed E-state index contributed by atoms with van der Waals surface area (Å²) in [6.07, 6.45) is -4.36. The molecule has 1 aromatic rings. The number of hydrogen-bond acceptors (Lipinski definition) is 3. The van der Waals surface area contributed by atoms with Crippen molar-refractivity contribution in [3.63, 3.8) is 0 Å². The first-order valence-corrected chi connectivity index (χ1v) is 3.71. The number of hydrogen-bond donors (Lipinski definition) is 0. The van der Waals surface area contributed by atoms with E-state index in [-0.39, 0.29) is 11.9 Å². The summed E-state index contributed by atoms with van der Waals surface area (Å²) in [6.45, 7) is 1.56. The Kier molecular flexibility index (Phi) is 5.12. The van der Waals surface area contributed by atoms with Crippen LogP contribution in [-0.4, -0.2) is 12.5 Å². The third-order valence-electron chi connectivity index (χ3n) is 1.32. The summed E-state index contributed by atoms with van der Waals surface area (Å²) in [5.74, 6) is -0.148. The fourth-order valence-electron chi connectivity index (χ4n) is 0.796. The molecule has 0 heterocycles. The van der Waals surface area contributed by atoms with Crippen LogP contribution in [-0.2, 0) is 9.59 Å². The lowest BCUT2D eigenvalue weighted by atomic mass is 10.2. The van der Waals surface area contributed by atoms with Crippen molar-refractivity contribution in [1.29, 1.82) is 0 Å². The van der Waals surface area contributed by atoms with Crippen molar-refractivity contribution >= 4 is 6.15 Å². The monoisotopic (exact) mass is 220 g/mol. The van der Waals surface area contributed by atoms with Gasteiger partial charge in [-0.3, -0.25) is 0 Å². The van der Waals surface area contributed by atoms with Gasteiger partial charge in [0.15, 0.2) is 0 Å². The van der Waals surface area contributed by atoms with E-state index in [4.69, 9.17) is 9.59 Å². The highest BCUT2D eigenvalue weighted by Crippen LogP contribution is 2.25. The van der Waals surface area contributed by atoms with E-state index in [0.29, 0.717) is 5.56 Å². The van der Waals surface area contributed by atoms with Gasteiger partial charge in [-0.1, -0.05) is 18.2 Å². The summed E-state index contributed by atoms with van der Waals surface area (Å²) < 4.78 is 38.8. The van der Waals surface area contributed by atoms with Crippen molar-refractivity contribution in [2.45, 2.75) is 13.3 Å². The number of carbonyl (C=O) groups excluding carboxylic acids is 2. The highest BCUT2D eigenvalue weighted by Gasteiger charge is 2.31. The summed E-state index contributed by atoms with van der Waals surface area (Å²) in [5.41, 5.74) is 0.467. The summed E-state index contributed by atoms with van der Waals surface area (Å²) in [7, 11) is 0. The SMILES string of the molecule is Cc1ccccc1OC(F)(F)F.O=C=O. The Hall–Kier alpha value is -1.81. The van der Waals surface area contributed by atoms with E-state index in [2.05, 4.69) is 4.74 Å². The molecule has 82 valence electrons. The van der Waals surface area contributed by atoms with Gasteiger partial charge < -0.3 is 4.74 Å². The molecular formula is C9H7F3O3.